The van der Waals surface area contributed by atoms with Crippen LogP contribution in [0.15, 0.2) is 30.6 Å². The molecule has 0 spiro atoms. The van der Waals surface area contributed by atoms with Crippen LogP contribution >= 0.6 is 11.3 Å². The second-order valence-electron chi connectivity index (χ2n) is 9.68. The molecule has 0 bridgehead atoms. The van der Waals surface area contributed by atoms with Gasteiger partial charge in [0, 0.05) is 49.5 Å². The van der Waals surface area contributed by atoms with Crippen LogP contribution in [-0.2, 0) is 16.1 Å². The van der Waals surface area contributed by atoms with Crippen LogP contribution < -0.4 is 0 Å². The van der Waals surface area contributed by atoms with Crippen molar-refractivity contribution in [3.05, 3.63) is 52.7 Å². The molecule has 35 heavy (non-hydrogen) atoms. The monoisotopic (exact) mass is 487 g/mol. The summed E-state index contributed by atoms with van der Waals surface area (Å²) >= 11 is 1.65. The fourth-order valence-corrected chi connectivity index (χ4v) is 6.25. The maximum atomic E-state index is 13.0. The lowest BCUT2D eigenvalue weighted by Crippen LogP contribution is -2.40. The van der Waals surface area contributed by atoms with E-state index in [9.17, 15) is 4.79 Å². The van der Waals surface area contributed by atoms with Crippen LogP contribution in [0.4, 0.5) is 0 Å². The van der Waals surface area contributed by atoms with Gasteiger partial charge in [0.25, 0.3) is 0 Å². The first kappa shape index (κ1) is 22.4. The molecule has 1 amide bonds. The number of fused-ring (bicyclic) bond motifs is 2. The molecule has 6 rings (SSSR count). The highest BCUT2D eigenvalue weighted by Gasteiger charge is 2.36. The summed E-state index contributed by atoms with van der Waals surface area (Å²) < 4.78 is 7.84. The molecule has 4 aromatic rings. The highest BCUT2D eigenvalue weighted by atomic mass is 32.1. The second-order valence-corrected chi connectivity index (χ2v) is 10.9. The zero-order valence-electron chi connectivity index (χ0n) is 20.5. The molecular weight excluding hydrogens is 458 g/mol. The van der Waals surface area contributed by atoms with Gasteiger partial charge in [-0.25, -0.2) is 9.97 Å². The first-order valence-electron chi connectivity index (χ1n) is 12.2. The second kappa shape index (κ2) is 8.53. The maximum Gasteiger partial charge on any atom is 0.245 e. The van der Waals surface area contributed by atoms with Gasteiger partial charge >= 0.3 is 0 Å². The van der Waals surface area contributed by atoms with Crippen LogP contribution in [0.1, 0.15) is 53.8 Å². The van der Waals surface area contributed by atoms with Crippen molar-refractivity contribution in [2.45, 2.75) is 52.1 Å². The van der Waals surface area contributed by atoms with Gasteiger partial charge in [-0.3, -0.25) is 9.78 Å². The predicted molar refractivity (Wildman–Crippen MR) is 138 cm³/mol. The molecule has 0 aliphatic carbocycles. The van der Waals surface area contributed by atoms with Crippen molar-refractivity contribution in [3.8, 4) is 21.8 Å². The van der Waals surface area contributed by atoms with E-state index in [2.05, 4.69) is 34.7 Å². The average Bonchev–Trinajstić information content (AvgIpc) is 3.47. The highest BCUT2D eigenvalue weighted by molar-refractivity contribution is 7.15. The number of imidazole rings is 1. The van der Waals surface area contributed by atoms with Gasteiger partial charge in [0.15, 0.2) is 0 Å². The molecule has 1 atom stereocenters. The molecule has 2 aliphatic rings. The van der Waals surface area contributed by atoms with Crippen LogP contribution in [-0.4, -0.2) is 50.6 Å². The first-order chi connectivity index (χ1) is 16.9. The number of amides is 1. The SMILES string of the molecule is Cc1ncc(-c2cc3ccc(C)c(-c4nc(C5CCOCC5)n5c4CN(C)C(=O)[C@H]5C)c3cn2)s1. The molecule has 1 fully saturated rings. The third-order valence-electron chi connectivity index (χ3n) is 7.35. The van der Waals surface area contributed by atoms with E-state index < -0.39 is 0 Å². The predicted octanol–water partition coefficient (Wildman–Crippen LogP) is 5.27. The fourth-order valence-electron chi connectivity index (χ4n) is 5.50. The number of hydrogen-bond donors (Lipinski definition) is 0. The van der Waals surface area contributed by atoms with Crippen LogP contribution in [0, 0.1) is 13.8 Å². The Balaban J connectivity index is 1.56. The van der Waals surface area contributed by atoms with Crippen LogP contribution in [0.3, 0.4) is 0 Å². The standard InChI is InChI=1S/C27H29N5O2S/c1-15-5-6-19-11-21(23-13-28-17(3)35-23)29-12-20(19)24(15)25-22-14-31(4)27(33)16(2)32(22)26(30-25)18-7-9-34-10-8-18/h5-6,11-13,16,18H,7-10,14H2,1-4H3/t16-/m1/s1. The third-order valence-corrected chi connectivity index (χ3v) is 8.29. The van der Waals surface area contributed by atoms with E-state index in [0.29, 0.717) is 12.5 Å². The number of nitrogens with zero attached hydrogens (tertiary/aromatic N) is 5. The molecular formula is C27H29N5O2S. The Morgan fingerprint density at radius 2 is 1.91 bits per heavy atom. The van der Waals surface area contributed by atoms with Gasteiger partial charge in [-0.1, -0.05) is 12.1 Å². The summed E-state index contributed by atoms with van der Waals surface area (Å²) in [6.45, 7) is 8.17. The molecule has 1 aromatic carbocycles. The molecule has 8 heteroatoms. The van der Waals surface area contributed by atoms with Crippen molar-refractivity contribution in [2.75, 3.05) is 20.3 Å². The van der Waals surface area contributed by atoms with Crippen molar-refractivity contribution in [3.63, 3.8) is 0 Å². The molecule has 7 nitrogen and oxygen atoms in total. The quantitative estimate of drug-likeness (QED) is 0.394. The van der Waals surface area contributed by atoms with E-state index >= 15 is 0 Å². The Morgan fingerprint density at radius 3 is 2.66 bits per heavy atom. The zero-order chi connectivity index (χ0) is 24.3. The summed E-state index contributed by atoms with van der Waals surface area (Å²) in [4.78, 5) is 30.4. The van der Waals surface area contributed by atoms with Crippen LogP contribution in [0.5, 0.6) is 0 Å². The fraction of sp³-hybridized carbons (Fsp3) is 0.407. The van der Waals surface area contributed by atoms with Crippen LogP contribution in [0.25, 0.3) is 32.6 Å². The summed E-state index contributed by atoms with van der Waals surface area (Å²) in [5, 5.41) is 3.25. The van der Waals surface area contributed by atoms with Crippen molar-refractivity contribution >= 4 is 28.0 Å². The highest BCUT2D eigenvalue weighted by Crippen LogP contribution is 2.41. The van der Waals surface area contributed by atoms with E-state index in [1.165, 1.54) is 0 Å². The van der Waals surface area contributed by atoms with Crippen molar-refractivity contribution < 1.29 is 9.53 Å². The number of carbonyl (C=O) groups is 1. The zero-order valence-corrected chi connectivity index (χ0v) is 21.4. The van der Waals surface area contributed by atoms with Crippen molar-refractivity contribution in [1.82, 2.24) is 24.4 Å². The average molecular weight is 488 g/mol. The molecule has 3 aromatic heterocycles. The Hall–Kier alpha value is -3.10. The largest absolute Gasteiger partial charge is 0.381 e. The lowest BCUT2D eigenvalue weighted by molar-refractivity contribution is -0.135. The minimum absolute atomic E-state index is 0.135. The molecule has 5 heterocycles. The van der Waals surface area contributed by atoms with Gasteiger partial charge in [0.1, 0.15) is 11.9 Å². The Labute approximate surface area is 208 Å². The van der Waals surface area contributed by atoms with Gasteiger partial charge in [0.05, 0.1) is 33.5 Å². The molecule has 0 radical (unpaired) electrons. The number of rotatable bonds is 3. The molecule has 2 aliphatic heterocycles. The minimum Gasteiger partial charge on any atom is -0.381 e. The first-order valence-corrected chi connectivity index (χ1v) is 13.0. The number of aryl methyl sites for hydroxylation is 2. The summed E-state index contributed by atoms with van der Waals surface area (Å²) in [6.07, 6.45) is 5.73. The number of benzene rings is 1. The van der Waals surface area contributed by atoms with Gasteiger partial charge < -0.3 is 14.2 Å². The van der Waals surface area contributed by atoms with Crippen molar-refractivity contribution in [2.24, 2.45) is 0 Å². The van der Waals surface area contributed by atoms with Gasteiger partial charge in [-0.05, 0) is 50.6 Å². The number of aromatic nitrogens is 4. The van der Waals surface area contributed by atoms with Gasteiger partial charge in [-0.2, -0.15) is 0 Å². The summed E-state index contributed by atoms with van der Waals surface area (Å²) in [5.74, 6) is 1.45. The van der Waals surface area contributed by atoms with Gasteiger partial charge in [-0.15, -0.1) is 11.3 Å². The number of likely N-dealkylation sites (N-methyl/N-ethyl adjacent to an activating group) is 1. The lowest BCUT2D eigenvalue weighted by atomic mass is 9.96. The summed E-state index contributed by atoms with van der Waals surface area (Å²) in [7, 11) is 1.88. The van der Waals surface area contributed by atoms with Crippen molar-refractivity contribution in [1.29, 1.82) is 0 Å². The number of ether oxygens (including phenoxy) is 1. The molecule has 0 saturated carbocycles. The maximum absolute atomic E-state index is 13.0. The van der Waals surface area contributed by atoms with E-state index in [-0.39, 0.29) is 11.9 Å². The molecule has 0 N–H and O–H groups in total. The summed E-state index contributed by atoms with van der Waals surface area (Å²) in [6, 6.07) is 6.21. The van der Waals surface area contributed by atoms with E-state index in [1.54, 1.807) is 11.3 Å². The molecule has 1 saturated heterocycles. The Kier molecular flexibility index (Phi) is 5.45. The molecule has 180 valence electrons. The van der Waals surface area contributed by atoms with Gasteiger partial charge in [0.2, 0.25) is 5.91 Å². The van der Waals surface area contributed by atoms with E-state index in [4.69, 9.17) is 14.7 Å². The molecule has 0 unspecified atom stereocenters. The van der Waals surface area contributed by atoms with E-state index in [0.717, 1.165) is 80.7 Å². The number of thiazole rings is 1. The van der Waals surface area contributed by atoms with E-state index in [1.807, 2.05) is 38.2 Å². The minimum atomic E-state index is -0.266. The lowest BCUT2D eigenvalue weighted by Gasteiger charge is -2.33. The third kappa shape index (κ3) is 3.67. The topological polar surface area (TPSA) is 73.1 Å². The summed E-state index contributed by atoms with van der Waals surface area (Å²) in [5.41, 5.74) is 5.29. The Bertz CT molecular complexity index is 1450. The number of carbonyl (C=O) groups excluding carboxylic acids is 1. The number of hydrogen-bond acceptors (Lipinski definition) is 6. The smallest absolute Gasteiger partial charge is 0.245 e. The Morgan fingerprint density at radius 1 is 1.11 bits per heavy atom. The van der Waals surface area contributed by atoms with Crippen LogP contribution in [0.2, 0.25) is 0 Å². The normalized spacial score (nSPS) is 18.9. The number of pyridine rings is 1.